The van der Waals surface area contributed by atoms with Crippen LogP contribution in [0.4, 0.5) is 5.69 Å². The Morgan fingerprint density at radius 1 is 1.07 bits per heavy atom. The van der Waals surface area contributed by atoms with Gasteiger partial charge in [-0.2, -0.15) is 0 Å². The zero-order valence-corrected chi connectivity index (χ0v) is 17.4. The number of ketones is 1. The molecule has 4 nitrogen and oxygen atoms in total. The molecule has 4 rings (SSSR count). The van der Waals surface area contributed by atoms with E-state index >= 15 is 0 Å². The van der Waals surface area contributed by atoms with Gasteiger partial charge in [0.05, 0.1) is 25.8 Å². The van der Waals surface area contributed by atoms with Crippen molar-refractivity contribution in [1.82, 2.24) is 0 Å². The predicted octanol–water partition coefficient (Wildman–Crippen LogP) is 5.46. The van der Waals surface area contributed by atoms with Crippen LogP contribution in [-0.2, 0) is 4.79 Å². The van der Waals surface area contributed by atoms with Crippen LogP contribution in [0.2, 0.25) is 0 Å². The Labute approximate surface area is 170 Å². The van der Waals surface area contributed by atoms with Gasteiger partial charge in [0.2, 0.25) is 0 Å². The third-order valence-corrected chi connectivity index (χ3v) is 6.73. The lowest BCUT2D eigenvalue weighted by molar-refractivity contribution is -0.123. The zero-order valence-electron chi connectivity index (χ0n) is 16.6. The number of carbonyl (C=O) groups is 1. The fourth-order valence-corrected chi connectivity index (χ4v) is 5.46. The number of methoxy groups -OCH3 is 2. The highest BCUT2D eigenvalue weighted by atomic mass is 32.2. The quantitative estimate of drug-likeness (QED) is 0.748. The first kappa shape index (κ1) is 18.9. The van der Waals surface area contributed by atoms with E-state index in [0.717, 1.165) is 21.8 Å². The van der Waals surface area contributed by atoms with E-state index in [0.29, 0.717) is 17.9 Å². The normalized spacial score (nSPS) is 22.9. The van der Waals surface area contributed by atoms with Crippen molar-refractivity contribution in [2.75, 3.05) is 19.5 Å². The molecule has 2 aromatic rings. The first-order valence-corrected chi connectivity index (χ1v) is 10.3. The number of hydrogen-bond acceptors (Lipinski definition) is 5. The maximum atomic E-state index is 13.3. The Kier molecular flexibility index (Phi) is 4.88. The van der Waals surface area contributed by atoms with Crippen LogP contribution in [0.15, 0.2) is 59.1 Å². The first-order valence-electron chi connectivity index (χ1n) is 9.42. The Bertz CT molecular complexity index is 951. The van der Waals surface area contributed by atoms with Crippen LogP contribution in [0.5, 0.6) is 11.5 Å². The number of ether oxygens (including phenoxy) is 2. The summed E-state index contributed by atoms with van der Waals surface area (Å²) in [7, 11) is 3.27. The molecule has 1 aliphatic carbocycles. The van der Waals surface area contributed by atoms with Crippen LogP contribution in [0.3, 0.4) is 0 Å². The van der Waals surface area contributed by atoms with Gasteiger partial charge in [-0.15, -0.1) is 11.8 Å². The van der Waals surface area contributed by atoms with E-state index in [2.05, 4.69) is 37.4 Å². The molecule has 146 valence electrons. The van der Waals surface area contributed by atoms with Gasteiger partial charge in [0.15, 0.2) is 11.5 Å². The summed E-state index contributed by atoms with van der Waals surface area (Å²) in [6, 6.07) is 14.2. The molecule has 28 heavy (non-hydrogen) atoms. The number of fused-ring (bicyclic) bond motifs is 2. The zero-order chi connectivity index (χ0) is 19.9. The van der Waals surface area contributed by atoms with Crippen LogP contribution < -0.4 is 14.8 Å². The molecule has 1 aliphatic heterocycles. The van der Waals surface area contributed by atoms with Gasteiger partial charge in [-0.3, -0.25) is 4.79 Å². The molecule has 0 fully saturated rings. The second-order valence-corrected chi connectivity index (χ2v) is 9.17. The number of hydrogen-bond donors (Lipinski definition) is 1. The second-order valence-electron chi connectivity index (χ2n) is 7.98. The molecule has 2 atom stereocenters. The summed E-state index contributed by atoms with van der Waals surface area (Å²) in [5.74, 6) is 1.43. The molecule has 1 heterocycles. The Balaban J connectivity index is 1.86. The van der Waals surface area contributed by atoms with E-state index in [1.54, 1.807) is 26.0 Å². The smallest absolute Gasteiger partial charge is 0.161 e. The van der Waals surface area contributed by atoms with Gasteiger partial charge < -0.3 is 14.8 Å². The van der Waals surface area contributed by atoms with Crippen LogP contribution in [-0.4, -0.2) is 20.0 Å². The summed E-state index contributed by atoms with van der Waals surface area (Å²) in [5.41, 5.74) is 2.96. The number of Topliss-reactive ketones (excluding diaryl/α,β-unsaturated/α-hetero) is 1. The monoisotopic (exact) mass is 395 g/mol. The first-order chi connectivity index (χ1) is 13.4. The van der Waals surface area contributed by atoms with Crippen LogP contribution in [0.1, 0.15) is 31.1 Å². The van der Waals surface area contributed by atoms with Crippen molar-refractivity contribution in [2.45, 2.75) is 30.4 Å². The summed E-state index contributed by atoms with van der Waals surface area (Å²) in [6.45, 7) is 4.23. The third-order valence-electron chi connectivity index (χ3n) is 5.32. The molecule has 0 radical (unpaired) electrons. The SMILES string of the molecule is COc1ccc([C@@H]2Sc3ccccc3NC3=CC(C)(C)CC(=O)[C@@H]32)cc1OC. The molecule has 0 amide bonds. The minimum Gasteiger partial charge on any atom is -0.493 e. The topological polar surface area (TPSA) is 47.6 Å². The molecule has 0 saturated heterocycles. The van der Waals surface area contributed by atoms with Crippen molar-refractivity contribution in [3.8, 4) is 11.5 Å². The van der Waals surface area contributed by atoms with Gasteiger partial charge in [-0.1, -0.05) is 38.1 Å². The Morgan fingerprint density at radius 3 is 2.57 bits per heavy atom. The molecule has 0 bridgehead atoms. The van der Waals surface area contributed by atoms with E-state index in [1.165, 1.54) is 0 Å². The molecular formula is C23H25NO3S. The number of allylic oxidation sites excluding steroid dienone is 2. The average Bonchev–Trinajstić information content (AvgIpc) is 2.82. The van der Waals surface area contributed by atoms with Crippen molar-refractivity contribution >= 4 is 23.2 Å². The van der Waals surface area contributed by atoms with Crippen LogP contribution in [0, 0.1) is 11.3 Å². The molecule has 2 aliphatic rings. The Hall–Kier alpha value is -2.40. The van der Waals surface area contributed by atoms with Gasteiger partial charge in [-0.25, -0.2) is 0 Å². The number of para-hydroxylation sites is 1. The lowest BCUT2D eigenvalue weighted by Crippen LogP contribution is -2.34. The number of anilines is 1. The van der Waals surface area contributed by atoms with Gasteiger partial charge in [-0.05, 0) is 35.2 Å². The largest absolute Gasteiger partial charge is 0.493 e. The van der Waals surface area contributed by atoms with Gasteiger partial charge in [0.1, 0.15) is 5.78 Å². The molecule has 2 aromatic carbocycles. The highest BCUT2D eigenvalue weighted by molar-refractivity contribution is 7.99. The summed E-state index contributed by atoms with van der Waals surface area (Å²) in [6.07, 6.45) is 2.78. The number of thioether (sulfide) groups is 1. The highest BCUT2D eigenvalue weighted by Gasteiger charge is 2.42. The fourth-order valence-electron chi connectivity index (χ4n) is 4.06. The highest BCUT2D eigenvalue weighted by Crippen LogP contribution is 2.53. The van der Waals surface area contributed by atoms with E-state index < -0.39 is 0 Å². The molecule has 0 spiro atoms. The number of nitrogens with one attached hydrogen (secondary N) is 1. The summed E-state index contributed by atoms with van der Waals surface area (Å²) in [5, 5.41) is 3.53. The van der Waals surface area contributed by atoms with Crippen molar-refractivity contribution in [3.63, 3.8) is 0 Å². The third kappa shape index (κ3) is 3.39. The molecule has 0 unspecified atom stereocenters. The predicted molar refractivity (Wildman–Crippen MR) is 113 cm³/mol. The summed E-state index contributed by atoms with van der Waals surface area (Å²) < 4.78 is 10.9. The average molecular weight is 396 g/mol. The Morgan fingerprint density at radius 2 is 1.82 bits per heavy atom. The maximum absolute atomic E-state index is 13.3. The van der Waals surface area contributed by atoms with E-state index in [-0.39, 0.29) is 22.4 Å². The molecule has 5 heteroatoms. The maximum Gasteiger partial charge on any atom is 0.161 e. The lowest BCUT2D eigenvalue weighted by atomic mass is 9.74. The summed E-state index contributed by atoms with van der Waals surface area (Å²) >= 11 is 1.73. The standard InChI is InChI=1S/C23H25NO3S/c1-23(2)12-16-21(17(25)13-23)22(28-20-8-6-5-7-15(20)24-16)14-9-10-18(26-3)19(11-14)27-4/h5-12,21-22,24H,13H2,1-4H3/t21-,22+/m1/s1. The van der Waals surface area contributed by atoms with E-state index in [1.807, 2.05) is 30.3 Å². The number of rotatable bonds is 3. The summed E-state index contributed by atoms with van der Waals surface area (Å²) in [4.78, 5) is 14.4. The van der Waals surface area contributed by atoms with Gasteiger partial charge in [0, 0.05) is 22.3 Å². The fraction of sp³-hybridized carbons (Fsp3) is 0.348. The van der Waals surface area contributed by atoms with Crippen molar-refractivity contribution in [2.24, 2.45) is 11.3 Å². The lowest BCUT2D eigenvalue weighted by Gasteiger charge is -2.35. The van der Waals surface area contributed by atoms with Crippen LogP contribution >= 0.6 is 11.8 Å². The second kappa shape index (κ2) is 7.21. The minimum absolute atomic E-state index is 0.0363. The van der Waals surface area contributed by atoms with Crippen molar-refractivity contribution < 1.29 is 14.3 Å². The van der Waals surface area contributed by atoms with E-state index in [9.17, 15) is 4.79 Å². The van der Waals surface area contributed by atoms with Crippen molar-refractivity contribution in [3.05, 3.63) is 59.8 Å². The minimum atomic E-state index is -0.219. The number of carbonyl (C=O) groups excluding carboxylic acids is 1. The van der Waals surface area contributed by atoms with Crippen LogP contribution in [0.25, 0.3) is 0 Å². The number of benzene rings is 2. The molecular weight excluding hydrogens is 370 g/mol. The molecule has 0 aromatic heterocycles. The molecule has 1 N–H and O–H groups in total. The van der Waals surface area contributed by atoms with Gasteiger partial charge >= 0.3 is 0 Å². The van der Waals surface area contributed by atoms with E-state index in [4.69, 9.17) is 9.47 Å². The molecule has 0 saturated carbocycles. The van der Waals surface area contributed by atoms with Crippen molar-refractivity contribution in [1.29, 1.82) is 0 Å². The van der Waals surface area contributed by atoms with Gasteiger partial charge in [0.25, 0.3) is 0 Å².